The lowest BCUT2D eigenvalue weighted by molar-refractivity contribution is -0.176. The van der Waals surface area contributed by atoms with E-state index in [1.54, 1.807) is 24.3 Å². The maximum Gasteiger partial charge on any atom is 0.411 e. The standard InChI is InChI=1S/C21H26F3N3O2/c1-2-25-20(26-11-10-16-4-3-5-19(28)12-16)27-13-17-6-8-18(9-7-17)14-29-15-21(22,23)24/h3-9,12,28H,2,10-11,13-15H2,1H3,(H2,25,26,27). The topological polar surface area (TPSA) is 65.9 Å². The van der Waals surface area contributed by atoms with Crippen molar-refractivity contribution in [1.82, 2.24) is 10.6 Å². The van der Waals surface area contributed by atoms with E-state index in [0.29, 0.717) is 31.2 Å². The van der Waals surface area contributed by atoms with Gasteiger partial charge in [-0.05, 0) is 42.2 Å². The summed E-state index contributed by atoms with van der Waals surface area (Å²) in [6.45, 7) is 2.45. The molecule has 0 saturated carbocycles. The molecule has 0 unspecified atom stereocenters. The van der Waals surface area contributed by atoms with Gasteiger partial charge >= 0.3 is 6.18 Å². The lowest BCUT2D eigenvalue weighted by Crippen LogP contribution is -2.38. The van der Waals surface area contributed by atoms with Gasteiger partial charge in [-0.25, -0.2) is 4.99 Å². The van der Waals surface area contributed by atoms with Crippen LogP contribution in [0.5, 0.6) is 5.75 Å². The molecule has 29 heavy (non-hydrogen) atoms. The molecule has 8 heteroatoms. The Hall–Kier alpha value is -2.74. The number of ether oxygens (including phenoxy) is 1. The number of guanidine groups is 1. The van der Waals surface area contributed by atoms with Gasteiger partial charge in [0.05, 0.1) is 13.2 Å². The number of aliphatic imine (C=N–C) groups is 1. The zero-order valence-electron chi connectivity index (χ0n) is 16.3. The second kappa shape index (κ2) is 11.3. The predicted octanol–water partition coefficient (Wildman–Crippen LogP) is 3.77. The van der Waals surface area contributed by atoms with Crippen LogP contribution in [0.4, 0.5) is 13.2 Å². The van der Waals surface area contributed by atoms with E-state index in [1.165, 1.54) is 0 Å². The number of nitrogens with one attached hydrogen (secondary N) is 2. The van der Waals surface area contributed by atoms with Crippen molar-refractivity contribution in [3.63, 3.8) is 0 Å². The lowest BCUT2D eigenvalue weighted by atomic mass is 10.1. The molecule has 0 aromatic heterocycles. The van der Waals surface area contributed by atoms with Gasteiger partial charge in [0.25, 0.3) is 0 Å². The van der Waals surface area contributed by atoms with Crippen LogP contribution in [-0.2, 0) is 24.3 Å². The summed E-state index contributed by atoms with van der Waals surface area (Å²) in [6.07, 6.45) is -3.57. The van der Waals surface area contributed by atoms with Crippen LogP contribution in [0.1, 0.15) is 23.6 Å². The van der Waals surface area contributed by atoms with Crippen LogP contribution in [0.25, 0.3) is 0 Å². The maximum atomic E-state index is 12.1. The first-order chi connectivity index (χ1) is 13.9. The van der Waals surface area contributed by atoms with Gasteiger partial charge in [-0.1, -0.05) is 36.4 Å². The second-order valence-electron chi connectivity index (χ2n) is 6.47. The van der Waals surface area contributed by atoms with Crippen LogP contribution in [0.2, 0.25) is 0 Å². The Morgan fingerprint density at radius 3 is 2.41 bits per heavy atom. The minimum atomic E-state index is -4.31. The zero-order valence-corrected chi connectivity index (χ0v) is 16.3. The molecule has 0 amide bonds. The van der Waals surface area contributed by atoms with Crippen molar-refractivity contribution in [2.45, 2.75) is 32.7 Å². The average molecular weight is 409 g/mol. The minimum Gasteiger partial charge on any atom is -0.508 e. The van der Waals surface area contributed by atoms with Crippen LogP contribution in [0.15, 0.2) is 53.5 Å². The van der Waals surface area contributed by atoms with E-state index in [2.05, 4.69) is 20.4 Å². The second-order valence-corrected chi connectivity index (χ2v) is 6.47. The first-order valence-corrected chi connectivity index (χ1v) is 9.38. The van der Waals surface area contributed by atoms with E-state index in [0.717, 1.165) is 17.5 Å². The number of hydrogen-bond donors (Lipinski definition) is 3. The Morgan fingerprint density at radius 2 is 1.76 bits per heavy atom. The van der Waals surface area contributed by atoms with Crippen molar-refractivity contribution in [2.24, 2.45) is 4.99 Å². The molecule has 0 radical (unpaired) electrons. The molecule has 0 atom stereocenters. The number of nitrogens with zero attached hydrogens (tertiary/aromatic N) is 1. The molecular formula is C21H26F3N3O2. The molecule has 0 bridgehead atoms. The SMILES string of the molecule is CCNC(=NCc1ccc(COCC(F)(F)F)cc1)NCCc1cccc(O)c1. The minimum absolute atomic E-state index is 0.0811. The van der Waals surface area contributed by atoms with Gasteiger partial charge in [-0.2, -0.15) is 13.2 Å². The van der Waals surface area contributed by atoms with Gasteiger partial charge in [0.1, 0.15) is 12.4 Å². The van der Waals surface area contributed by atoms with Crippen molar-refractivity contribution >= 4 is 5.96 Å². The highest BCUT2D eigenvalue weighted by Gasteiger charge is 2.27. The molecule has 158 valence electrons. The summed E-state index contributed by atoms with van der Waals surface area (Å²) in [7, 11) is 0. The fraction of sp³-hybridized carbons (Fsp3) is 0.381. The highest BCUT2D eigenvalue weighted by molar-refractivity contribution is 5.79. The molecule has 3 N–H and O–H groups in total. The fourth-order valence-electron chi connectivity index (χ4n) is 2.57. The van der Waals surface area contributed by atoms with Gasteiger partial charge < -0.3 is 20.5 Å². The number of phenols is 1. The van der Waals surface area contributed by atoms with Gasteiger partial charge in [-0.15, -0.1) is 0 Å². The first-order valence-electron chi connectivity index (χ1n) is 9.38. The van der Waals surface area contributed by atoms with Crippen molar-refractivity contribution in [3.05, 3.63) is 65.2 Å². The van der Waals surface area contributed by atoms with Crippen molar-refractivity contribution in [3.8, 4) is 5.75 Å². The summed E-state index contributed by atoms with van der Waals surface area (Å²) in [5.74, 6) is 0.917. The molecule has 2 aromatic rings. The number of aromatic hydroxyl groups is 1. The van der Waals surface area contributed by atoms with Gasteiger partial charge in [0.2, 0.25) is 0 Å². The number of alkyl halides is 3. The maximum absolute atomic E-state index is 12.1. The van der Waals surface area contributed by atoms with E-state index < -0.39 is 12.8 Å². The molecule has 5 nitrogen and oxygen atoms in total. The van der Waals surface area contributed by atoms with Crippen molar-refractivity contribution < 1.29 is 23.0 Å². The molecule has 0 fully saturated rings. The highest BCUT2D eigenvalue weighted by atomic mass is 19.4. The Kier molecular flexibility index (Phi) is 8.79. The van der Waals surface area contributed by atoms with E-state index in [4.69, 9.17) is 0 Å². The molecule has 2 rings (SSSR count). The highest BCUT2D eigenvalue weighted by Crippen LogP contribution is 2.16. The quantitative estimate of drug-likeness (QED) is 0.436. The molecule has 0 heterocycles. The van der Waals surface area contributed by atoms with Gasteiger partial charge in [0, 0.05) is 13.1 Å². The van der Waals surface area contributed by atoms with E-state index in [-0.39, 0.29) is 12.4 Å². The Labute approximate surface area is 168 Å². The third-order valence-corrected chi connectivity index (χ3v) is 3.94. The van der Waals surface area contributed by atoms with Crippen LogP contribution in [-0.4, -0.2) is 36.9 Å². The molecule has 0 aliphatic carbocycles. The number of rotatable bonds is 9. The average Bonchev–Trinajstić information content (AvgIpc) is 2.66. The van der Waals surface area contributed by atoms with Crippen LogP contribution in [0.3, 0.4) is 0 Å². The first kappa shape index (κ1) is 22.5. The summed E-state index contributed by atoms with van der Waals surface area (Å²) >= 11 is 0. The van der Waals surface area contributed by atoms with Crippen LogP contribution >= 0.6 is 0 Å². The van der Waals surface area contributed by atoms with Crippen LogP contribution in [0, 0.1) is 0 Å². The largest absolute Gasteiger partial charge is 0.508 e. The van der Waals surface area contributed by atoms with E-state index in [1.807, 2.05) is 31.2 Å². The summed E-state index contributed by atoms with van der Waals surface area (Å²) in [5, 5.41) is 15.9. The molecule has 0 aliphatic heterocycles. The third kappa shape index (κ3) is 9.34. The van der Waals surface area contributed by atoms with Gasteiger partial charge in [0.15, 0.2) is 5.96 Å². The number of benzene rings is 2. The predicted molar refractivity (Wildman–Crippen MR) is 107 cm³/mol. The molecule has 0 saturated heterocycles. The lowest BCUT2D eigenvalue weighted by Gasteiger charge is -2.12. The Bertz CT molecular complexity index is 777. The Morgan fingerprint density at radius 1 is 1.03 bits per heavy atom. The molecule has 0 aliphatic rings. The fourth-order valence-corrected chi connectivity index (χ4v) is 2.57. The third-order valence-electron chi connectivity index (χ3n) is 3.94. The van der Waals surface area contributed by atoms with E-state index >= 15 is 0 Å². The monoisotopic (exact) mass is 409 g/mol. The van der Waals surface area contributed by atoms with E-state index in [9.17, 15) is 18.3 Å². The molecular weight excluding hydrogens is 383 g/mol. The smallest absolute Gasteiger partial charge is 0.411 e. The number of halogens is 3. The summed E-state index contributed by atoms with van der Waals surface area (Å²) in [6, 6.07) is 14.3. The van der Waals surface area contributed by atoms with Crippen molar-refractivity contribution in [2.75, 3.05) is 19.7 Å². The van der Waals surface area contributed by atoms with Crippen LogP contribution < -0.4 is 10.6 Å². The number of hydrogen-bond acceptors (Lipinski definition) is 3. The summed E-state index contributed by atoms with van der Waals surface area (Å²) in [4.78, 5) is 4.52. The van der Waals surface area contributed by atoms with Crippen molar-refractivity contribution in [1.29, 1.82) is 0 Å². The zero-order chi connectivity index (χ0) is 21.1. The normalized spacial score (nSPS) is 12.1. The molecule has 2 aromatic carbocycles. The summed E-state index contributed by atoms with van der Waals surface area (Å²) < 4.78 is 41.0. The molecule has 0 spiro atoms. The van der Waals surface area contributed by atoms with Gasteiger partial charge in [-0.3, -0.25) is 0 Å². The summed E-state index contributed by atoms with van der Waals surface area (Å²) in [5.41, 5.74) is 2.64. The number of phenolic OH excluding ortho intramolecular Hbond substituents is 1. The Balaban J connectivity index is 1.82.